The van der Waals surface area contributed by atoms with Gasteiger partial charge in [-0.1, -0.05) is 5.16 Å². The van der Waals surface area contributed by atoms with Crippen molar-refractivity contribution in [3.05, 3.63) is 11.5 Å². The molecule has 1 rings (SSSR count). The van der Waals surface area contributed by atoms with E-state index in [4.69, 9.17) is 4.52 Å². The summed E-state index contributed by atoms with van der Waals surface area (Å²) in [6, 6.07) is 0.115. The van der Waals surface area contributed by atoms with Crippen molar-refractivity contribution >= 4 is 11.6 Å². The molecule has 4 nitrogen and oxygen atoms in total. The summed E-state index contributed by atoms with van der Waals surface area (Å²) in [7, 11) is 0. The third kappa shape index (κ3) is 1.78. The van der Waals surface area contributed by atoms with Crippen LogP contribution in [-0.2, 0) is 4.79 Å². The zero-order chi connectivity index (χ0) is 10.9. The number of nitrogens with zero attached hydrogens (tertiary/aromatic N) is 2. The Balaban J connectivity index is 3.17. The van der Waals surface area contributed by atoms with E-state index in [2.05, 4.69) is 5.16 Å². The lowest BCUT2D eigenvalue weighted by Gasteiger charge is -2.24. The molecule has 0 radical (unpaired) electrons. The fourth-order valence-electron chi connectivity index (χ4n) is 1.60. The Bertz CT molecular complexity index is 322. The predicted octanol–water partition coefficient (Wildman–Crippen LogP) is 2.05. The molecule has 0 aromatic carbocycles. The first-order chi connectivity index (χ1) is 6.45. The van der Waals surface area contributed by atoms with Crippen LogP contribution < -0.4 is 4.90 Å². The molecule has 1 aromatic rings. The van der Waals surface area contributed by atoms with E-state index >= 15 is 0 Å². The van der Waals surface area contributed by atoms with E-state index in [1.807, 2.05) is 27.7 Å². The van der Waals surface area contributed by atoms with Gasteiger partial charge in [0, 0.05) is 13.0 Å². The monoisotopic (exact) mass is 196 g/mol. The topological polar surface area (TPSA) is 46.3 Å². The van der Waals surface area contributed by atoms with Crippen molar-refractivity contribution in [2.75, 3.05) is 4.90 Å². The van der Waals surface area contributed by atoms with Crippen LogP contribution >= 0.6 is 0 Å². The van der Waals surface area contributed by atoms with Gasteiger partial charge < -0.3 is 9.42 Å². The third-order valence-electron chi connectivity index (χ3n) is 2.09. The van der Waals surface area contributed by atoms with E-state index in [1.165, 1.54) is 0 Å². The van der Waals surface area contributed by atoms with Gasteiger partial charge in [-0.2, -0.15) is 0 Å². The molecule has 1 amide bonds. The van der Waals surface area contributed by atoms with Gasteiger partial charge in [-0.3, -0.25) is 4.79 Å². The highest BCUT2D eigenvalue weighted by molar-refractivity contribution is 5.93. The van der Waals surface area contributed by atoms with Crippen LogP contribution in [0.15, 0.2) is 4.52 Å². The van der Waals surface area contributed by atoms with Crippen molar-refractivity contribution in [1.82, 2.24) is 5.16 Å². The average Bonchev–Trinajstić information content (AvgIpc) is 2.34. The Morgan fingerprint density at radius 1 is 1.43 bits per heavy atom. The van der Waals surface area contributed by atoms with Crippen molar-refractivity contribution in [2.24, 2.45) is 0 Å². The number of hydrogen-bond donors (Lipinski definition) is 0. The highest BCUT2D eigenvalue weighted by Crippen LogP contribution is 2.25. The summed E-state index contributed by atoms with van der Waals surface area (Å²) in [6.07, 6.45) is 0. The number of aryl methyl sites for hydroxylation is 2. The minimum absolute atomic E-state index is 0.00870. The van der Waals surface area contributed by atoms with Crippen LogP contribution in [0.25, 0.3) is 0 Å². The molecule has 0 saturated carbocycles. The fraction of sp³-hybridized carbons (Fsp3) is 0.600. The quantitative estimate of drug-likeness (QED) is 0.727. The van der Waals surface area contributed by atoms with Gasteiger partial charge in [0.25, 0.3) is 0 Å². The predicted molar refractivity (Wildman–Crippen MR) is 54.3 cm³/mol. The van der Waals surface area contributed by atoms with Crippen molar-refractivity contribution in [3.63, 3.8) is 0 Å². The van der Waals surface area contributed by atoms with Crippen molar-refractivity contribution in [2.45, 2.75) is 40.7 Å². The molecule has 14 heavy (non-hydrogen) atoms. The molecule has 0 bridgehead atoms. The van der Waals surface area contributed by atoms with Crippen LogP contribution in [0, 0.1) is 13.8 Å². The van der Waals surface area contributed by atoms with Gasteiger partial charge in [0.05, 0.1) is 0 Å². The summed E-state index contributed by atoms with van der Waals surface area (Å²) < 4.78 is 5.03. The highest BCUT2D eigenvalue weighted by atomic mass is 16.5. The molecular formula is C10H16N2O2. The molecule has 0 saturated heterocycles. The van der Waals surface area contributed by atoms with Gasteiger partial charge in [-0.05, 0) is 27.7 Å². The average molecular weight is 196 g/mol. The summed E-state index contributed by atoms with van der Waals surface area (Å²) in [5.41, 5.74) is 1.55. The van der Waals surface area contributed by atoms with Crippen LogP contribution in [0.4, 0.5) is 5.69 Å². The summed E-state index contributed by atoms with van der Waals surface area (Å²) in [5.74, 6) is 0.695. The van der Waals surface area contributed by atoms with E-state index in [-0.39, 0.29) is 11.9 Å². The summed E-state index contributed by atoms with van der Waals surface area (Å²) >= 11 is 0. The van der Waals surface area contributed by atoms with Crippen LogP contribution in [0.3, 0.4) is 0 Å². The molecule has 0 fully saturated rings. The van der Waals surface area contributed by atoms with Gasteiger partial charge in [-0.25, -0.2) is 0 Å². The van der Waals surface area contributed by atoms with Gasteiger partial charge in [0.1, 0.15) is 11.4 Å². The lowest BCUT2D eigenvalue weighted by atomic mass is 10.2. The number of rotatable bonds is 2. The Morgan fingerprint density at radius 3 is 2.29 bits per heavy atom. The summed E-state index contributed by atoms with van der Waals surface area (Å²) in [5, 5.41) is 3.83. The molecule has 4 heteroatoms. The molecule has 0 atom stereocenters. The Hall–Kier alpha value is -1.32. The van der Waals surface area contributed by atoms with E-state index < -0.39 is 0 Å². The maximum absolute atomic E-state index is 11.4. The maximum Gasteiger partial charge on any atom is 0.224 e. The second kappa shape index (κ2) is 3.82. The van der Waals surface area contributed by atoms with E-state index in [0.29, 0.717) is 5.76 Å². The van der Waals surface area contributed by atoms with E-state index in [1.54, 1.807) is 11.8 Å². The second-order valence-corrected chi connectivity index (χ2v) is 3.66. The SMILES string of the molecule is CC(=O)N(c1c(C)noc1C)C(C)C. The Labute approximate surface area is 83.9 Å². The minimum Gasteiger partial charge on any atom is -0.359 e. The molecule has 0 spiro atoms. The van der Waals surface area contributed by atoms with Crippen LogP contribution in [0.1, 0.15) is 32.2 Å². The first-order valence-electron chi connectivity index (χ1n) is 4.67. The van der Waals surface area contributed by atoms with Crippen LogP contribution in [-0.4, -0.2) is 17.1 Å². The smallest absolute Gasteiger partial charge is 0.224 e. The van der Waals surface area contributed by atoms with E-state index in [0.717, 1.165) is 11.4 Å². The highest BCUT2D eigenvalue weighted by Gasteiger charge is 2.22. The number of hydrogen-bond acceptors (Lipinski definition) is 3. The largest absolute Gasteiger partial charge is 0.359 e. The molecule has 1 aromatic heterocycles. The molecule has 0 unspecified atom stereocenters. The van der Waals surface area contributed by atoms with Gasteiger partial charge in [0.15, 0.2) is 5.76 Å². The van der Waals surface area contributed by atoms with Crippen molar-refractivity contribution in [3.8, 4) is 0 Å². The zero-order valence-corrected chi connectivity index (χ0v) is 9.29. The van der Waals surface area contributed by atoms with Crippen LogP contribution in [0.5, 0.6) is 0 Å². The summed E-state index contributed by atoms with van der Waals surface area (Å²) in [4.78, 5) is 13.1. The normalized spacial score (nSPS) is 10.7. The molecular weight excluding hydrogens is 180 g/mol. The maximum atomic E-state index is 11.4. The first kappa shape index (κ1) is 10.8. The van der Waals surface area contributed by atoms with Crippen molar-refractivity contribution < 1.29 is 9.32 Å². The van der Waals surface area contributed by atoms with Gasteiger partial charge >= 0.3 is 0 Å². The third-order valence-corrected chi connectivity index (χ3v) is 2.09. The molecule has 0 N–H and O–H groups in total. The number of carbonyl (C=O) groups is 1. The lowest BCUT2D eigenvalue weighted by molar-refractivity contribution is -0.116. The standard InChI is InChI=1S/C10H16N2O2/c1-6(2)12(9(5)13)10-7(3)11-14-8(10)4/h6H,1-5H3. The van der Waals surface area contributed by atoms with E-state index in [9.17, 15) is 4.79 Å². The first-order valence-corrected chi connectivity index (χ1v) is 4.67. The zero-order valence-electron chi connectivity index (χ0n) is 9.29. The van der Waals surface area contributed by atoms with Crippen molar-refractivity contribution in [1.29, 1.82) is 0 Å². The second-order valence-electron chi connectivity index (χ2n) is 3.66. The minimum atomic E-state index is 0.00870. The number of aromatic nitrogens is 1. The molecule has 0 aliphatic rings. The molecule has 78 valence electrons. The Morgan fingerprint density at radius 2 is 2.00 bits per heavy atom. The lowest BCUT2D eigenvalue weighted by Crippen LogP contribution is -2.35. The number of amides is 1. The number of anilines is 1. The van der Waals surface area contributed by atoms with Gasteiger partial charge in [-0.15, -0.1) is 0 Å². The molecule has 0 aliphatic heterocycles. The molecule has 0 aliphatic carbocycles. The number of carbonyl (C=O) groups excluding carboxylic acids is 1. The van der Waals surface area contributed by atoms with Gasteiger partial charge in [0.2, 0.25) is 5.91 Å². The summed E-state index contributed by atoms with van der Waals surface area (Å²) in [6.45, 7) is 9.13. The Kier molecular flexibility index (Phi) is 2.93. The fourth-order valence-corrected chi connectivity index (χ4v) is 1.60. The molecule has 1 heterocycles. The van der Waals surface area contributed by atoms with Crippen LogP contribution in [0.2, 0.25) is 0 Å².